The molecule has 0 aromatic heterocycles. The first-order chi connectivity index (χ1) is 14.0. The van der Waals surface area contributed by atoms with Crippen molar-refractivity contribution in [3.63, 3.8) is 0 Å². The Labute approximate surface area is 179 Å². The second kappa shape index (κ2) is 9.99. The number of likely N-dealkylation sites (N-methyl/N-ethyl adjacent to an activating group) is 1. The molecule has 2 aromatic carbocycles. The molecule has 0 radical (unpaired) electrons. The predicted octanol–water partition coefficient (Wildman–Crippen LogP) is 3.91. The third-order valence-corrected chi connectivity index (χ3v) is 5.79. The van der Waals surface area contributed by atoms with Crippen LogP contribution in [0.5, 0.6) is 0 Å². The molecule has 0 bridgehead atoms. The van der Waals surface area contributed by atoms with Crippen LogP contribution >= 0.6 is 11.6 Å². The van der Waals surface area contributed by atoms with Gasteiger partial charge in [0.2, 0.25) is 5.91 Å². The first-order valence-corrected chi connectivity index (χ1v) is 10.7. The zero-order valence-electron chi connectivity index (χ0n) is 17.5. The summed E-state index contributed by atoms with van der Waals surface area (Å²) in [4.78, 5) is 17.4. The van der Waals surface area contributed by atoms with E-state index in [1.165, 1.54) is 5.69 Å². The lowest BCUT2D eigenvalue weighted by Crippen LogP contribution is -2.46. The van der Waals surface area contributed by atoms with Crippen molar-refractivity contribution in [2.45, 2.75) is 33.4 Å². The molecule has 0 aliphatic carbocycles. The molecule has 1 heterocycles. The van der Waals surface area contributed by atoms with Gasteiger partial charge in [0, 0.05) is 49.1 Å². The molecule has 5 nitrogen and oxygen atoms in total. The van der Waals surface area contributed by atoms with Crippen LogP contribution < -0.4 is 15.5 Å². The summed E-state index contributed by atoms with van der Waals surface area (Å²) in [7, 11) is 0. The summed E-state index contributed by atoms with van der Waals surface area (Å²) in [6.07, 6.45) is 0. The quantitative estimate of drug-likeness (QED) is 0.721. The van der Waals surface area contributed by atoms with Gasteiger partial charge < -0.3 is 20.4 Å². The highest BCUT2D eigenvalue weighted by Crippen LogP contribution is 2.24. The Balaban J connectivity index is 1.53. The third kappa shape index (κ3) is 5.87. The summed E-state index contributed by atoms with van der Waals surface area (Å²) in [6, 6.07) is 13.6. The summed E-state index contributed by atoms with van der Waals surface area (Å²) >= 11 is 5.90. The summed E-state index contributed by atoms with van der Waals surface area (Å²) < 4.78 is 0. The van der Waals surface area contributed by atoms with Gasteiger partial charge in [0.25, 0.3) is 0 Å². The van der Waals surface area contributed by atoms with Gasteiger partial charge in [-0.1, -0.05) is 30.7 Å². The molecule has 1 saturated heterocycles. The summed E-state index contributed by atoms with van der Waals surface area (Å²) in [5.41, 5.74) is 4.43. The fraction of sp³-hybridized carbons (Fsp3) is 0.435. The van der Waals surface area contributed by atoms with E-state index >= 15 is 0 Å². The zero-order chi connectivity index (χ0) is 20.8. The highest BCUT2D eigenvalue weighted by atomic mass is 35.5. The van der Waals surface area contributed by atoms with Crippen molar-refractivity contribution in [2.24, 2.45) is 0 Å². The SMILES string of the molecule is CCN1CCN(c2ccc(N[C@H](C)C(=O)NCc3ccc(Cl)cc3)c(C)c2)CC1. The van der Waals surface area contributed by atoms with Crippen LogP contribution in [0.1, 0.15) is 25.0 Å². The van der Waals surface area contributed by atoms with E-state index in [4.69, 9.17) is 11.6 Å². The minimum Gasteiger partial charge on any atom is -0.374 e. The van der Waals surface area contributed by atoms with Crippen LogP contribution in [0.4, 0.5) is 11.4 Å². The largest absolute Gasteiger partial charge is 0.374 e. The summed E-state index contributed by atoms with van der Waals surface area (Å²) in [6.45, 7) is 12.1. The molecule has 1 amide bonds. The molecular weight excluding hydrogens is 384 g/mol. The Kier molecular flexibility index (Phi) is 7.40. The van der Waals surface area contributed by atoms with Crippen molar-refractivity contribution < 1.29 is 4.79 Å². The van der Waals surface area contributed by atoms with Gasteiger partial charge in [-0.2, -0.15) is 0 Å². The smallest absolute Gasteiger partial charge is 0.242 e. The van der Waals surface area contributed by atoms with Crippen LogP contribution in [0.3, 0.4) is 0 Å². The van der Waals surface area contributed by atoms with Gasteiger partial charge in [-0.3, -0.25) is 4.79 Å². The van der Waals surface area contributed by atoms with Gasteiger partial charge in [0.15, 0.2) is 0 Å². The molecule has 3 rings (SSSR count). The average Bonchev–Trinajstić information content (AvgIpc) is 2.74. The first kappa shape index (κ1) is 21.5. The number of rotatable bonds is 7. The fourth-order valence-electron chi connectivity index (χ4n) is 3.57. The Morgan fingerprint density at radius 2 is 1.79 bits per heavy atom. The molecule has 2 aromatic rings. The van der Waals surface area contributed by atoms with Crippen molar-refractivity contribution in [2.75, 3.05) is 42.9 Å². The van der Waals surface area contributed by atoms with Crippen molar-refractivity contribution in [1.82, 2.24) is 10.2 Å². The first-order valence-electron chi connectivity index (χ1n) is 10.3. The van der Waals surface area contributed by atoms with Crippen LogP contribution in [0.2, 0.25) is 5.02 Å². The minimum absolute atomic E-state index is 0.0286. The van der Waals surface area contributed by atoms with E-state index in [2.05, 4.69) is 52.5 Å². The van der Waals surface area contributed by atoms with E-state index in [1.54, 1.807) is 0 Å². The molecule has 1 fully saturated rings. The predicted molar refractivity (Wildman–Crippen MR) is 122 cm³/mol. The molecule has 156 valence electrons. The number of nitrogens with one attached hydrogen (secondary N) is 2. The molecule has 6 heteroatoms. The summed E-state index contributed by atoms with van der Waals surface area (Å²) in [5.74, 6) is -0.0286. The Morgan fingerprint density at radius 1 is 1.10 bits per heavy atom. The number of nitrogens with zero attached hydrogens (tertiary/aromatic N) is 2. The standard InChI is InChI=1S/C23H31ClN4O/c1-4-27-11-13-28(14-12-27)21-9-10-22(17(2)15-21)26-18(3)23(29)25-16-19-5-7-20(24)8-6-19/h5-10,15,18,26H,4,11-14,16H2,1-3H3,(H,25,29)/t18-/m1/s1. The highest BCUT2D eigenvalue weighted by molar-refractivity contribution is 6.30. The van der Waals surface area contributed by atoms with E-state index in [1.807, 2.05) is 31.2 Å². The number of carbonyl (C=O) groups excluding carboxylic acids is 1. The van der Waals surface area contributed by atoms with E-state index in [0.29, 0.717) is 11.6 Å². The monoisotopic (exact) mass is 414 g/mol. The Hall–Kier alpha value is -2.24. The third-order valence-electron chi connectivity index (χ3n) is 5.54. The maximum atomic E-state index is 12.5. The van der Waals surface area contributed by atoms with Crippen molar-refractivity contribution in [3.8, 4) is 0 Å². The Bertz CT molecular complexity index is 816. The van der Waals surface area contributed by atoms with Gasteiger partial charge in [-0.05, 0) is 61.9 Å². The maximum Gasteiger partial charge on any atom is 0.242 e. The van der Waals surface area contributed by atoms with Crippen LogP contribution in [-0.2, 0) is 11.3 Å². The molecular formula is C23H31ClN4O. The lowest BCUT2D eigenvalue weighted by Gasteiger charge is -2.35. The normalized spacial score (nSPS) is 15.8. The molecule has 29 heavy (non-hydrogen) atoms. The lowest BCUT2D eigenvalue weighted by atomic mass is 10.1. The number of amides is 1. The van der Waals surface area contributed by atoms with E-state index in [0.717, 1.165) is 49.5 Å². The van der Waals surface area contributed by atoms with Gasteiger partial charge in [-0.15, -0.1) is 0 Å². The second-order valence-electron chi connectivity index (χ2n) is 7.63. The topological polar surface area (TPSA) is 47.6 Å². The number of anilines is 2. The average molecular weight is 415 g/mol. The lowest BCUT2D eigenvalue weighted by molar-refractivity contribution is -0.121. The van der Waals surface area contributed by atoms with Crippen LogP contribution in [-0.4, -0.2) is 49.6 Å². The van der Waals surface area contributed by atoms with Gasteiger partial charge in [0.1, 0.15) is 6.04 Å². The van der Waals surface area contributed by atoms with Crippen molar-refractivity contribution in [1.29, 1.82) is 0 Å². The molecule has 0 saturated carbocycles. The van der Waals surface area contributed by atoms with Crippen LogP contribution in [0.15, 0.2) is 42.5 Å². The van der Waals surface area contributed by atoms with Crippen LogP contribution in [0, 0.1) is 6.92 Å². The van der Waals surface area contributed by atoms with Crippen molar-refractivity contribution in [3.05, 3.63) is 58.6 Å². The fourth-order valence-corrected chi connectivity index (χ4v) is 3.70. The maximum absolute atomic E-state index is 12.5. The van der Waals surface area contributed by atoms with Crippen LogP contribution in [0.25, 0.3) is 0 Å². The van der Waals surface area contributed by atoms with Gasteiger partial charge in [-0.25, -0.2) is 0 Å². The molecule has 0 spiro atoms. The number of hydrogen-bond donors (Lipinski definition) is 2. The van der Waals surface area contributed by atoms with Gasteiger partial charge in [0.05, 0.1) is 0 Å². The second-order valence-corrected chi connectivity index (χ2v) is 8.07. The van der Waals surface area contributed by atoms with E-state index < -0.39 is 0 Å². The van der Waals surface area contributed by atoms with E-state index in [9.17, 15) is 4.79 Å². The molecule has 0 unspecified atom stereocenters. The molecule has 1 aliphatic rings. The molecule has 1 aliphatic heterocycles. The zero-order valence-corrected chi connectivity index (χ0v) is 18.3. The number of hydrogen-bond acceptors (Lipinski definition) is 4. The number of benzene rings is 2. The molecule has 2 N–H and O–H groups in total. The van der Waals surface area contributed by atoms with Crippen molar-refractivity contribution >= 4 is 28.9 Å². The highest BCUT2D eigenvalue weighted by Gasteiger charge is 2.17. The number of piperazine rings is 1. The number of aryl methyl sites for hydroxylation is 1. The van der Waals surface area contributed by atoms with Gasteiger partial charge >= 0.3 is 0 Å². The molecule has 1 atom stereocenters. The van der Waals surface area contributed by atoms with E-state index in [-0.39, 0.29) is 11.9 Å². The minimum atomic E-state index is -0.319. The number of halogens is 1. The Morgan fingerprint density at radius 3 is 2.41 bits per heavy atom. The summed E-state index contributed by atoms with van der Waals surface area (Å²) in [5, 5.41) is 7.01. The number of carbonyl (C=O) groups is 1.